The van der Waals surface area contributed by atoms with E-state index in [2.05, 4.69) is 10.3 Å². The Morgan fingerprint density at radius 3 is 2.95 bits per heavy atom. The second-order valence-corrected chi connectivity index (χ2v) is 6.18. The molecular formula is C13H21N3O2S. The molecule has 1 aromatic rings. The molecule has 1 heterocycles. The molecule has 1 fully saturated rings. The molecule has 0 bridgehead atoms. The Labute approximate surface area is 117 Å². The lowest BCUT2D eigenvalue weighted by Crippen LogP contribution is -2.41. The molecule has 5 nitrogen and oxygen atoms in total. The lowest BCUT2D eigenvalue weighted by Gasteiger charge is -2.22. The van der Waals surface area contributed by atoms with Crippen molar-refractivity contribution >= 4 is 17.4 Å². The summed E-state index contributed by atoms with van der Waals surface area (Å²) >= 11 is 1.61. The van der Waals surface area contributed by atoms with Gasteiger partial charge < -0.3 is 15.3 Å². The number of aliphatic hydroxyl groups is 1. The minimum Gasteiger partial charge on any atom is -0.396 e. The Morgan fingerprint density at radius 2 is 2.37 bits per heavy atom. The monoisotopic (exact) mass is 283 g/mol. The van der Waals surface area contributed by atoms with Crippen LogP contribution in [0.4, 0.5) is 4.79 Å². The van der Waals surface area contributed by atoms with Crippen molar-refractivity contribution in [3.05, 3.63) is 16.1 Å². The van der Waals surface area contributed by atoms with E-state index >= 15 is 0 Å². The van der Waals surface area contributed by atoms with Crippen LogP contribution in [0, 0.1) is 6.92 Å². The molecule has 19 heavy (non-hydrogen) atoms. The average molecular weight is 283 g/mol. The van der Waals surface area contributed by atoms with Gasteiger partial charge in [-0.15, -0.1) is 11.3 Å². The molecule has 1 saturated carbocycles. The van der Waals surface area contributed by atoms with Gasteiger partial charge >= 0.3 is 6.03 Å². The molecule has 0 atom stereocenters. The van der Waals surface area contributed by atoms with Crippen molar-refractivity contribution < 1.29 is 9.90 Å². The highest BCUT2D eigenvalue weighted by Gasteiger charge is 2.31. The van der Waals surface area contributed by atoms with Crippen LogP contribution in [0.25, 0.3) is 0 Å². The normalized spacial score (nSPS) is 14.4. The maximum absolute atomic E-state index is 12.1. The van der Waals surface area contributed by atoms with E-state index in [4.69, 9.17) is 5.11 Å². The van der Waals surface area contributed by atoms with Crippen LogP contribution in [0.2, 0.25) is 0 Å². The lowest BCUT2D eigenvalue weighted by atomic mass is 10.3. The number of carbonyl (C=O) groups excluding carboxylic acids is 1. The zero-order chi connectivity index (χ0) is 13.7. The minimum atomic E-state index is 0.00601. The summed E-state index contributed by atoms with van der Waals surface area (Å²) in [5, 5.41) is 12.8. The van der Waals surface area contributed by atoms with E-state index in [0.29, 0.717) is 12.6 Å². The summed E-state index contributed by atoms with van der Waals surface area (Å²) in [5.41, 5.74) is 0. The molecule has 0 spiro atoms. The van der Waals surface area contributed by atoms with Gasteiger partial charge in [0.05, 0.1) is 11.6 Å². The van der Waals surface area contributed by atoms with Crippen LogP contribution in [0.3, 0.4) is 0 Å². The number of aryl methyl sites for hydroxylation is 1. The lowest BCUT2D eigenvalue weighted by molar-refractivity contribution is 0.190. The van der Waals surface area contributed by atoms with E-state index in [1.165, 1.54) is 0 Å². The predicted molar refractivity (Wildman–Crippen MR) is 75.1 cm³/mol. The number of thiazole rings is 1. The first-order valence-electron chi connectivity index (χ1n) is 6.77. The highest BCUT2D eigenvalue weighted by Crippen LogP contribution is 2.27. The number of nitrogens with one attached hydrogen (secondary N) is 1. The van der Waals surface area contributed by atoms with Gasteiger partial charge in [0.25, 0.3) is 0 Å². The van der Waals surface area contributed by atoms with Gasteiger partial charge in [-0.2, -0.15) is 0 Å². The number of hydrogen-bond acceptors (Lipinski definition) is 4. The van der Waals surface area contributed by atoms with E-state index in [-0.39, 0.29) is 12.6 Å². The van der Waals surface area contributed by atoms with Gasteiger partial charge in [-0.3, -0.25) is 0 Å². The molecule has 0 aromatic carbocycles. The Bertz CT molecular complexity index is 418. The third-order valence-corrected chi connectivity index (χ3v) is 4.05. The predicted octanol–water partition coefficient (Wildman–Crippen LogP) is 1.90. The third-order valence-electron chi connectivity index (χ3n) is 3.14. The summed E-state index contributed by atoms with van der Waals surface area (Å²) in [7, 11) is 0. The highest BCUT2D eigenvalue weighted by atomic mass is 32.1. The molecule has 2 amide bonds. The van der Waals surface area contributed by atoms with Crippen molar-refractivity contribution in [2.45, 2.75) is 45.2 Å². The zero-order valence-corrected chi connectivity index (χ0v) is 12.1. The SMILES string of the molecule is Cc1ncc(CNC(=O)N(CCCCO)C2CC2)s1. The molecule has 1 aliphatic rings. The Kier molecular flexibility index (Phi) is 5.15. The molecule has 6 heteroatoms. The van der Waals surface area contributed by atoms with E-state index < -0.39 is 0 Å². The van der Waals surface area contributed by atoms with E-state index in [1.807, 2.05) is 18.0 Å². The first-order valence-corrected chi connectivity index (χ1v) is 7.59. The van der Waals surface area contributed by atoms with Gasteiger partial charge in [0, 0.05) is 30.3 Å². The van der Waals surface area contributed by atoms with Crippen LogP contribution in [-0.4, -0.2) is 40.2 Å². The second kappa shape index (κ2) is 6.86. The second-order valence-electron chi connectivity index (χ2n) is 4.86. The topological polar surface area (TPSA) is 65.5 Å². The molecule has 0 radical (unpaired) electrons. The van der Waals surface area contributed by atoms with E-state index in [1.54, 1.807) is 11.3 Å². The maximum atomic E-state index is 12.1. The molecule has 106 valence electrons. The first-order chi connectivity index (χ1) is 9.20. The molecule has 2 N–H and O–H groups in total. The number of unbranched alkanes of at least 4 members (excludes halogenated alkanes) is 1. The van der Waals surface area contributed by atoms with Crippen molar-refractivity contribution in [3.8, 4) is 0 Å². The van der Waals surface area contributed by atoms with Gasteiger partial charge in [0.15, 0.2) is 0 Å². The molecule has 0 unspecified atom stereocenters. The fourth-order valence-corrected chi connectivity index (χ4v) is 2.72. The van der Waals surface area contributed by atoms with Gasteiger partial charge in [0.2, 0.25) is 0 Å². The Hall–Kier alpha value is -1.14. The summed E-state index contributed by atoms with van der Waals surface area (Å²) in [4.78, 5) is 19.3. The van der Waals surface area contributed by atoms with Gasteiger partial charge in [-0.25, -0.2) is 9.78 Å². The van der Waals surface area contributed by atoms with Crippen LogP contribution in [0.5, 0.6) is 0 Å². The van der Waals surface area contributed by atoms with Crippen LogP contribution in [0.1, 0.15) is 35.6 Å². The summed E-state index contributed by atoms with van der Waals surface area (Å²) in [6.07, 6.45) is 5.64. The molecule has 0 aliphatic heterocycles. The van der Waals surface area contributed by atoms with Crippen LogP contribution < -0.4 is 5.32 Å². The largest absolute Gasteiger partial charge is 0.396 e. The number of hydrogen-bond donors (Lipinski definition) is 2. The number of amides is 2. The number of rotatable bonds is 7. The molecular weight excluding hydrogens is 262 g/mol. The first kappa shape index (κ1) is 14.3. The van der Waals surface area contributed by atoms with Crippen molar-refractivity contribution in [1.82, 2.24) is 15.2 Å². The highest BCUT2D eigenvalue weighted by molar-refractivity contribution is 7.11. The van der Waals surface area contributed by atoms with E-state index in [9.17, 15) is 4.79 Å². The number of nitrogens with zero attached hydrogens (tertiary/aromatic N) is 2. The van der Waals surface area contributed by atoms with Crippen LogP contribution >= 0.6 is 11.3 Å². The molecule has 1 aromatic heterocycles. The fraction of sp³-hybridized carbons (Fsp3) is 0.692. The molecule has 0 saturated heterocycles. The number of aliphatic hydroxyl groups excluding tert-OH is 1. The van der Waals surface area contributed by atoms with Crippen molar-refractivity contribution in [3.63, 3.8) is 0 Å². The fourth-order valence-electron chi connectivity index (χ4n) is 1.98. The summed E-state index contributed by atoms with van der Waals surface area (Å²) in [6, 6.07) is 0.411. The van der Waals surface area contributed by atoms with Gasteiger partial charge in [-0.05, 0) is 32.6 Å². The van der Waals surface area contributed by atoms with Gasteiger partial charge in [-0.1, -0.05) is 0 Å². The van der Waals surface area contributed by atoms with E-state index in [0.717, 1.165) is 42.1 Å². The van der Waals surface area contributed by atoms with Crippen LogP contribution in [0.15, 0.2) is 6.20 Å². The maximum Gasteiger partial charge on any atom is 0.317 e. The van der Waals surface area contributed by atoms with Crippen molar-refractivity contribution in [1.29, 1.82) is 0 Å². The summed E-state index contributed by atoms with van der Waals surface area (Å²) < 4.78 is 0. The minimum absolute atomic E-state index is 0.00601. The summed E-state index contributed by atoms with van der Waals surface area (Å²) in [6.45, 7) is 3.44. The molecule has 2 rings (SSSR count). The summed E-state index contributed by atoms with van der Waals surface area (Å²) in [5.74, 6) is 0. The smallest absolute Gasteiger partial charge is 0.317 e. The third kappa shape index (κ3) is 4.47. The van der Waals surface area contributed by atoms with Gasteiger partial charge in [0.1, 0.15) is 0 Å². The Morgan fingerprint density at radius 1 is 1.58 bits per heavy atom. The quantitative estimate of drug-likeness (QED) is 0.751. The number of urea groups is 1. The van der Waals surface area contributed by atoms with Crippen molar-refractivity contribution in [2.24, 2.45) is 0 Å². The standard InChI is InChI=1S/C13H21N3O2S/c1-10-14-8-12(19-10)9-15-13(18)16(11-4-5-11)6-2-3-7-17/h8,11,17H,2-7,9H2,1H3,(H,15,18). The molecule has 1 aliphatic carbocycles. The zero-order valence-electron chi connectivity index (χ0n) is 11.3. The number of carbonyl (C=O) groups is 1. The number of aromatic nitrogens is 1. The average Bonchev–Trinajstić information content (AvgIpc) is 3.14. The van der Waals surface area contributed by atoms with Crippen molar-refractivity contribution in [2.75, 3.05) is 13.2 Å². The van der Waals surface area contributed by atoms with Crippen LogP contribution in [-0.2, 0) is 6.54 Å². The Balaban J connectivity index is 1.78.